The molecule has 0 saturated heterocycles. The number of aromatic hydroxyl groups is 1. The molecule has 0 spiro atoms. The fourth-order valence-corrected chi connectivity index (χ4v) is 2.86. The van der Waals surface area contributed by atoms with Crippen LogP contribution >= 0.6 is 15.9 Å². The third-order valence-electron chi connectivity index (χ3n) is 4.08. The van der Waals surface area contributed by atoms with Gasteiger partial charge in [0.2, 0.25) is 5.88 Å². The summed E-state index contributed by atoms with van der Waals surface area (Å²) in [5, 5.41) is 12.9. The van der Waals surface area contributed by atoms with E-state index >= 15 is 0 Å². The van der Waals surface area contributed by atoms with Crippen molar-refractivity contribution in [2.24, 2.45) is 4.99 Å². The van der Waals surface area contributed by atoms with E-state index < -0.39 is 23.2 Å². The Hall–Kier alpha value is -3.46. The number of rotatable bonds is 5. The molecular weight excluding hydrogens is 440 g/mol. The first-order valence-electron chi connectivity index (χ1n) is 8.64. The van der Waals surface area contributed by atoms with Crippen LogP contribution in [0.3, 0.4) is 0 Å². The Labute approximate surface area is 173 Å². The molecule has 9 heteroatoms. The Morgan fingerprint density at radius 3 is 2.52 bits per heavy atom. The molecule has 0 aliphatic rings. The zero-order valence-electron chi connectivity index (χ0n) is 15.1. The lowest BCUT2D eigenvalue weighted by molar-refractivity contribution is 0.259. The van der Waals surface area contributed by atoms with E-state index in [0.29, 0.717) is 12.1 Å². The fourth-order valence-electron chi connectivity index (χ4n) is 2.60. The van der Waals surface area contributed by atoms with Crippen LogP contribution in [0.1, 0.15) is 11.1 Å². The molecule has 0 saturated carbocycles. The van der Waals surface area contributed by atoms with Crippen molar-refractivity contribution in [3.8, 4) is 5.88 Å². The van der Waals surface area contributed by atoms with Gasteiger partial charge in [-0.25, -0.2) is 14.6 Å². The van der Waals surface area contributed by atoms with Gasteiger partial charge in [0, 0.05) is 16.7 Å². The number of carbonyl (C=O) groups excluding carboxylic acids is 1. The second-order valence-electron chi connectivity index (χ2n) is 6.08. The number of nitrogens with one attached hydrogen (secondary N) is 2. The maximum absolute atomic E-state index is 12.1. The summed E-state index contributed by atoms with van der Waals surface area (Å²) in [5.74, 6) is -0.546. The molecule has 0 fully saturated rings. The van der Waals surface area contributed by atoms with Gasteiger partial charge in [-0.2, -0.15) is 0 Å². The molecule has 2 aromatic carbocycles. The van der Waals surface area contributed by atoms with Gasteiger partial charge in [0.15, 0.2) is 0 Å². The number of hydrogen-bond acceptors (Lipinski definition) is 4. The summed E-state index contributed by atoms with van der Waals surface area (Å²) in [5.41, 5.74) is -0.359. The molecule has 148 valence electrons. The highest BCUT2D eigenvalue weighted by Gasteiger charge is 2.13. The van der Waals surface area contributed by atoms with E-state index in [1.54, 1.807) is 24.3 Å². The molecule has 0 bridgehead atoms. The Morgan fingerprint density at radius 2 is 1.83 bits per heavy atom. The van der Waals surface area contributed by atoms with Crippen LogP contribution in [-0.4, -0.2) is 26.9 Å². The minimum atomic E-state index is -0.830. The molecule has 0 aliphatic heterocycles. The minimum absolute atomic E-state index is 0.150. The van der Waals surface area contributed by atoms with Crippen molar-refractivity contribution in [1.29, 1.82) is 0 Å². The second kappa shape index (κ2) is 9.16. The van der Waals surface area contributed by atoms with Crippen molar-refractivity contribution in [1.82, 2.24) is 9.55 Å². The zero-order chi connectivity index (χ0) is 20.8. The van der Waals surface area contributed by atoms with Crippen LogP contribution in [0.4, 0.5) is 10.5 Å². The van der Waals surface area contributed by atoms with Crippen molar-refractivity contribution in [2.45, 2.75) is 13.0 Å². The number of halogens is 1. The van der Waals surface area contributed by atoms with Crippen LogP contribution in [0.2, 0.25) is 0 Å². The van der Waals surface area contributed by atoms with Crippen LogP contribution in [-0.2, 0) is 13.0 Å². The summed E-state index contributed by atoms with van der Waals surface area (Å²) in [6.45, 7) is 0.150. The molecule has 29 heavy (non-hydrogen) atoms. The summed E-state index contributed by atoms with van der Waals surface area (Å²) < 4.78 is 1.88. The van der Waals surface area contributed by atoms with Crippen molar-refractivity contribution in [2.75, 3.05) is 5.32 Å². The van der Waals surface area contributed by atoms with Crippen LogP contribution < -0.4 is 16.6 Å². The normalized spacial score (nSPS) is 10.9. The minimum Gasteiger partial charge on any atom is -0.494 e. The molecule has 3 aromatic rings. The lowest BCUT2D eigenvalue weighted by Crippen LogP contribution is -2.32. The van der Waals surface area contributed by atoms with Gasteiger partial charge < -0.3 is 10.4 Å². The van der Waals surface area contributed by atoms with Gasteiger partial charge in [-0.15, -0.1) is 0 Å². The van der Waals surface area contributed by atoms with Crippen LogP contribution in [0.15, 0.2) is 73.7 Å². The van der Waals surface area contributed by atoms with Gasteiger partial charge in [0.25, 0.3) is 5.56 Å². The Kier molecular flexibility index (Phi) is 6.40. The quantitative estimate of drug-likeness (QED) is 0.511. The van der Waals surface area contributed by atoms with Gasteiger partial charge in [-0.05, 0) is 36.2 Å². The number of hydrogen-bond donors (Lipinski definition) is 3. The molecule has 0 unspecified atom stereocenters. The van der Waals surface area contributed by atoms with Gasteiger partial charge in [-0.3, -0.25) is 14.3 Å². The lowest BCUT2D eigenvalue weighted by atomic mass is 10.1. The van der Waals surface area contributed by atoms with E-state index in [0.717, 1.165) is 20.8 Å². The van der Waals surface area contributed by atoms with Crippen LogP contribution in [0.5, 0.6) is 5.88 Å². The molecule has 1 heterocycles. The third kappa shape index (κ3) is 5.29. The van der Waals surface area contributed by atoms with E-state index in [9.17, 15) is 19.5 Å². The number of anilines is 1. The van der Waals surface area contributed by atoms with Gasteiger partial charge >= 0.3 is 11.7 Å². The first-order chi connectivity index (χ1) is 13.9. The Bertz CT molecular complexity index is 1150. The molecule has 0 aliphatic carbocycles. The highest BCUT2D eigenvalue weighted by atomic mass is 79.9. The van der Waals surface area contributed by atoms with Gasteiger partial charge in [0.05, 0.1) is 6.21 Å². The second-order valence-corrected chi connectivity index (χ2v) is 6.99. The maximum atomic E-state index is 12.1. The predicted octanol–water partition coefficient (Wildman–Crippen LogP) is 2.90. The SMILES string of the molecule is O=C(N=Cc1c(O)n(CCc2ccccc2)c(=O)[nH]c1=O)Nc1ccc(Br)cc1. The van der Waals surface area contributed by atoms with Crippen LogP contribution in [0.25, 0.3) is 0 Å². The van der Waals surface area contributed by atoms with E-state index in [2.05, 4.69) is 31.2 Å². The summed E-state index contributed by atoms with van der Waals surface area (Å²) in [4.78, 5) is 41.8. The number of carbonyl (C=O) groups is 1. The zero-order valence-corrected chi connectivity index (χ0v) is 16.7. The van der Waals surface area contributed by atoms with E-state index in [1.807, 2.05) is 30.3 Å². The molecule has 3 N–H and O–H groups in total. The fraction of sp³-hybridized carbons (Fsp3) is 0.100. The van der Waals surface area contributed by atoms with Crippen molar-refractivity contribution in [3.63, 3.8) is 0 Å². The number of aryl methyl sites for hydroxylation is 1. The van der Waals surface area contributed by atoms with Crippen LogP contribution in [0, 0.1) is 0 Å². The standard InChI is InChI=1S/C20H17BrN4O4/c21-14-6-8-15(9-7-14)23-19(28)22-12-16-17(26)24-20(29)25(18(16)27)11-10-13-4-2-1-3-5-13/h1-9,12,27H,10-11H2,(H,23,28)(H,24,26,29). The molecule has 3 rings (SSSR count). The average molecular weight is 457 g/mol. The number of nitrogens with zero attached hydrogens (tertiary/aromatic N) is 2. The number of aromatic nitrogens is 2. The predicted molar refractivity (Wildman–Crippen MR) is 114 cm³/mol. The molecule has 2 amide bonds. The summed E-state index contributed by atoms with van der Waals surface area (Å²) >= 11 is 3.29. The first-order valence-corrected chi connectivity index (χ1v) is 9.44. The van der Waals surface area contributed by atoms with Crippen molar-refractivity contribution < 1.29 is 9.90 Å². The van der Waals surface area contributed by atoms with E-state index in [1.165, 1.54) is 0 Å². The molecule has 0 radical (unpaired) electrons. The highest BCUT2D eigenvalue weighted by Crippen LogP contribution is 2.14. The van der Waals surface area contributed by atoms with Gasteiger partial charge in [0.1, 0.15) is 5.56 Å². The van der Waals surface area contributed by atoms with Crippen molar-refractivity contribution >= 4 is 33.9 Å². The summed E-state index contributed by atoms with van der Waals surface area (Å²) in [6, 6.07) is 15.5. The first kappa shape index (κ1) is 20.3. The number of benzene rings is 2. The van der Waals surface area contributed by atoms with E-state index in [-0.39, 0.29) is 12.1 Å². The molecular formula is C20H17BrN4O4. The molecule has 8 nitrogen and oxygen atoms in total. The maximum Gasteiger partial charge on any atom is 0.345 e. The number of aromatic amines is 1. The topological polar surface area (TPSA) is 117 Å². The number of aliphatic imine (C=N–C) groups is 1. The van der Waals surface area contributed by atoms with Gasteiger partial charge in [-0.1, -0.05) is 46.3 Å². The third-order valence-corrected chi connectivity index (χ3v) is 4.61. The molecule has 1 aromatic heterocycles. The highest BCUT2D eigenvalue weighted by molar-refractivity contribution is 9.10. The smallest absolute Gasteiger partial charge is 0.345 e. The monoisotopic (exact) mass is 456 g/mol. The number of urea groups is 1. The Morgan fingerprint density at radius 1 is 1.14 bits per heavy atom. The number of H-pyrrole nitrogens is 1. The average Bonchev–Trinajstić information content (AvgIpc) is 2.70. The summed E-state index contributed by atoms with van der Waals surface area (Å²) in [6.07, 6.45) is 1.40. The van der Waals surface area contributed by atoms with E-state index in [4.69, 9.17) is 0 Å². The number of amides is 2. The largest absolute Gasteiger partial charge is 0.494 e. The Balaban J connectivity index is 1.78. The summed E-state index contributed by atoms with van der Waals surface area (Å²) in [7, 11) is 0. The van der Waals surface area contributed by atoms with Crippen molar-refractivity contribution in [3.05, 3.63) is 91.0 Å². The lowest BCUT2D eigenvalue weighted by Gasteiger charge is -2.09. The molecule has 0 atom stereocenters.